The zero-order valence-electron chi connectivity index (χ0n) is 11.0. The smallest absolute Gasteiger partial charge is 0.139 e. The van der Waals surface area contributed by atoms with Crippen LogP contribution in [-0.4, -0.2) is 29.6 Å². The molecule has 0 fully saturated rings. The van der Waals surface area contributed by atoms with Gasteiger partial charge in [-0.1, -0.05) is 17.7 Å². The summed E-state index contributed by atoms with van der Waals surface area (Å²) in [4.78, 5) is 5.82. The third kappa shape index (κ3) is 2.52. The molecule has 104 valence electrons. The van der Waals surface area contributed by atoms with Crippen molar-refractivity contribution in [2.75, 3.05) is 25.6 Å². The first-order valence-corrected chi connectivity index (χ1v) is 7.49. The van der Waals surface area contributed by atoms with Gasteiger partial charge in [-0.2, -0.15) is 0 Å². The van der Waals surface area contributed by atoms with Crippen LogP contribution in [0.4, 0.5) is 5.82 Å². The summed E-state index contributed by atoms with van der Waals surface area (Å²) in [6.45, 7) is 1.35. The van der Waals surface area contributed by atoms with Crippen LogP contribution in [0, 0.1) is 0 Å². The molecule has 0 spiro atoms. The maximum Gasteiger partial charge on any atom is 0.139 e. The lowest BCUT2D eigenvalue weighted by Crippen LogP contribution is -2.09. The predicted molar refractivity (Wildman–Crippen MR) is 83.9 cm³/mol. The highest BCUT2D eigenvalue weighted by atomic mass is 35.5. The lowest BCUT2D eigenvalue weighted by molar-refractivity contribution is 0.210. The van der Waals surface area contributed by atoms with Crippen LogP contribution in [0.25, 0.3) is 16.2 Å². The lowest BCUT2D eigenvalue weighted by atomic mass is 10.3. The number of pyridine rings is 1. The molecule has 0 saturated heterocycles. The largest absolute Gasteiger partial charge is 0.383 e. The molecule has 0 aromatic carbocycles. The standard InChI is InChI=1S/C14H14ClN3OS/c1-19-7-6-16-14-13(11-3-2-8-20-11)17-12-5-4-10(15)9-18(12)14/h2-5,8-9,16H,6-7H2,1H3. The molecule has 6 heteroatoms. The number of nitrogens with zero attached hydrogens (tertiary/aromatic N) is 2. The second-order valence-electron chi connectivity index (χ2n) is 4.28. The van der Waals surface area contributed by atoms with Crippen LogP contribution in [-0.2, 0) is 4.74 Å². The maximum atomic E-state index is 6.09. The lowest BCUT2D eigenvalue weighted by Gasteiger charge is -2.07. The molecule has 0 unspecified atom stereocenters. The highest BCUT2D eigenvalue weighted by molar-refractivity contribution is 7.13. The monoisotopic (exact) mass is 307 g/mol. The van der Waals surface area contributed by atoms with E-state index in [1.54, 1.807) is 18.4 Å². The molecule has 0 atom stereocenters. The average molecular weight is 308 g/mol. The third-order valence-electron chi connectivity index (χ3n) is 2.94. The fourth-order valence-corrected chi connectivity index (χ4v) is 2.92. The van der Waals surface area contributed by atoms with Gasteiger partial charge in [-0.3, -0.25) is 4.40 Å². The first-order chi connectivity index (χ1) is 9.79. The summed E-state index contributed by atoms with van der Waals surface area (Å²) in [5.41, 5.74) is 1.82. The van der Waals surface area contributed by atoms with Crippen molar-refractivity contribution in [1.29, 1.82) is 0 Å². The number of ether oxygens (including phenoxy) is 1. The van der Waals surface area contributed by atoms with Crippen molar-refractivity contribution in [2.45, 2.75) is 0 Å². The summed E-state index contributed by atoms with van der Waals surface area (Å²) >= 11 is 7.76. The Balaban J connectivity index is 2.10. The van der Waals surface area contributed by atoms with E-state index in [-0.39, 0.29) is 0 Å². The fourth-order valence-electron chi connectivity index (χ4n) is 2.04. The Kier molecular flexibility index (Phi) is 3.91. The topological polar surface area (TPSA) is 38.6 Å². The minimum Gasteiger partial charge on any atom is -0.383 e. The van der Waals surface area contributed by atoms with Crippen molar-refractivity contribution in [3.05, 3.63) is 40.9 Å². The van der Waals surface area contributed by atoms with E-state index >= 15 is 0 Å². The molecule has 0 amide bonds. The minimum atomic E-state index is 0.637. The van der Waals surface area contributed by atoms with Crippen LogP contribution in [0.3, 0.4) is 0 Å². The maximum absolute atomic E-state index is 6.09. The number of hydrogen-bond acceptors (Lipinski definition) is 4. The third-order valence-corrected chi connectivity index (χ3v) is 4.04. The number of aromatic nitrogens is 2. The Morgan fingerprint density at radius 1 is 1.40 bits per heavy atom. The molecule has 0 saturated carbocycles. The summed E-state index contributed by atoms with van der Waals surface area (Å²) in [6.07, 6.45) is 1.87. The van der Waals surface area contributed by atoms with Crippen molar-refractivity contribution in [1.82, 2.24) is 9.38 Å². The summed E-state index contributed by atoms with van der Waals surface area (Å²) in [6, 6.07) is 7.85. The van der Waals surface area contributed by atoms with Crippen molar-refractivity contribution >= 4 is 34.4 Å². The molecule has 4 nitrogen and oxygen atoms in total. The van der Waals surface area contributed by atoms with E-state index < -0.39 is 0 Å². The number of halogens is 1. The van der Waals surface area contributed by atoms with Gasteiger partial charge in [0.15, 0.2) is 0 Å². The number of thiophene rings is 1. The van der Waals surface area contributed by atoms with Gasteiger partial charge in [0, 0.05) is 19.9 Å². The zero-order chi connectivity index (χ0) is 13.9. The molecule has 3 aromatic rings. The van der Waals surface area contributed by atoms with E-state index in [4.69, 9.17) is 16.3 Å². The summed E-state index contributed by atoms with van der Waals surface area (Å²) in [5.74, 6) is 0.946. The van der Waals surface area contributed by atoms with E-state index in [2.05, 4.69) is 16.4 Å². The predicted octanol–water partition coefficient (Wildman–Crippen LogP) is 3.77. The normalized spacial score (nSPS) is 11.1. The highest BCUT2D eigenvalue weighted by Crippen LogP contribution is 2.32. The number of nitrogens with one attached hydrogen (secondary N) is 1. The number of hydrogen-bond donors (Lipinski definition) is 1. The van der Waals surface area contributed by atoms with Crippen LogP contribution in [0.2, 0.25) is 5.02 Å². The fraction of sp³-hybridized carbons (Fsp3) is 0.214. The highest BCUT2D eigenvalue weighted by Gasteiger charge is 2.14. The second kappa shape index (κ2) is 5.83. The van der Waals surface area contributed by atoms with Crippen molar-refractivity contribution < 1.29 is 4.74 Å². The van der Waals surface area contributed by atoms with Crippen LogP contribution >= 0.6 is 22.9 Å². The second-order valence-corrected chi connectivity index (χ2v) is 5.67. The minimum absolute atomic E-state index is 0.637. The molecule has 0 aliphatic rings. The number of methoxy groups -OCH3 is 1. The van der Waals surface area contributed by atoms with E-state index in [0.29, 0.717) is 11.6 Å². The quantitative estimate of drug-likeness (QED) is 0.729. The van der Waals surface area contributed by atoms with Crippen LogP contribution in [0.5, 0.6) is 0 Å². The van der Waals surface area contributed by atoms with Crippen molar-refractivity contribution in [3.8, 4) is 10.6 Å². The first-order valence-electron chi connectivity index (χ1n) is 6.24. The van der Waals surface area contributed by atoms with Crippen LogP contribution in [0.15, 0.2) is 35.8 Å². The molecule has 0 aliphatic carbocycles. The van der Waals surface area contributed by atoms with Gasteiger partial charge in [0.05, 0.1) is 16.5 Å². The van der Waals surface area contributed by atoms with Crippen molar-refractivity contribution in [2.24, 2.45) is 0 Å². The molecule has 0 aliphatic heterocycles. The van der Waals surface area contributed by atoms with Gasteiger partial charge < -0.3 is 10.1 Å². The van der Waals surface area contributed by atoms with Gasteiger partial charge in [-0.05, 0) is 23.6 Å². The van der Waals surface area contributed by atoms with Crippen molar-refractivity contribution in [3.63, 3.8) is 0 Å². The Bertz CT molecular complexity index is 709. The van der Waals surface area contributed by atoms with E-state index in [1.807, 2.05) is 34.2 Å². The molecule has 0 bridgehead atoms. The van der Waals surface area contributed by atoms with Gasteiger partial charge in [0.1, 0.15) is 17.2 Å². The Morgan fingerprint density at radius 2 is 2.30 bits per heavy atom. The molecule has 3 rings (SSSR count). The van der Waals surface area contributed by atoms with Crippen LogP contribution in [0.1, 0.15) is 0 Å². The van der Waals surface area contributed by atoms with Gasteiger partial charge in [-0.25, -0.2) is 4.98 Å². The Morgan fingerprint density at radius 3 is 3.05 bits per heavy atom. The average Bonchev–Trinajstić information content (AvgIpc) is 3.07. The van der Waals surface area contributed by atoms with E-state index in [9.17, 15) is 0 Å². The zero-order valence-corrected chi connectivity index (χ0v) is 12.5. The first kappa shape index (κ1) is 13.4. The van der Waals surface area contributed by atoms with E-state index in [0.717, 1.165) is 28.6 Å². The molecular weight excluding hydrogens is 294 g/mol. The number of rotatable bonds is 5. The molecular formula is C14H14ClN3OS. The molecule has 3 heterocycles. The number of fused-ring (bicyclic) bond motifs is 1. The molecule has 0 radical (unpaired) electrons. The van der Waals surface area contributed by atoms with Crippen LogP contribution < -0.4 is 5.32 Å². The molecule has 3 aromatic heterocycles. The SMILES string of the molecule is COCCNc1c(-c2cccs2)nc2ccc(Cl)cn12. The van der Waals surface area contributed by atoms with Gasteiger partial charge >= 0.3 is 0 Å². The summed E-state index contributed by atoms with van der Waals surface area (Å²) in [7, 11) is 1.69. The molecule has 20 heavy (non-hydrogen) atoms. The summed E-state index contributed by atoms with van der Waals surface area (Å²) < 4.78 is 7.07. The Hall–Kier alpha value is -1.56. The van der Waals surface area contributed by atoms with Gasteiger partial charge in [-0.15, -0.1) is 11.3 Å². The molecule has 1 N–H and O–H groups in total. The summed E-state index contributed by atoms with van der Waals surface area (Å²) in [5, 5.41) is 6.11. The van der Waals surface area contributed by atoms with Gasteiger partial charge in [0.25, 0.3) is 0 Å². The Labute approximate surface area is 126 Å². The number of imidazole rings is 1. The van der Waals surface area contributed by atoms with E-state index in [1.165, 1.54) is 0 Å². The number of anilines is 1. The van der Waals surface area contributed by atoms with Gasteiger partial charge in [0.2, 0.25) is 0 Å².